The first-order valence-electron chi connectivity index (χ1n) is 9.92. The summed E-state index contributed by atoms with van der Waals surface area (Å²) in [7, 11) is -1.81. The first kappa shape index (κ1) is 20.8. The summed E-state index contributed by atoms with van der Waals surface area (Å²) in [5, 5.41) is 0.184. The number of piperazine rings is 1. The number of methoxy groups -OCH3 is 1. The van der Waals surface area contributed by atoms with Gasteiger partial charge in [-0.15, -0.1) is 0 Å². The van der Waals surface area contributed by atoms with E-state index in [1.165, 1.54) is 19.4 Å². The molecule has 8 heteroatoms. The van der Waals surface area contributed by atoms with Crippen molar-refractivity contribution < 1.29 is 13.2 Å². The van der Waals surface area contributed by atoms with E-state index in [-0.39, 0.29) is 16.3 Å². The van der Waals surface area contributed by atoms with Crippen LogP contribution in [0.15, 0.2) is 11.4 Å². The van der Waals surface area contributed by atoms with E-state index in [1.807, 2.05) is 25.3 Å². The van der Waals surface area contributed by atoms with E-state index in [0.29, 0.717) is 19.2 Å². The lowest BCUT2D eigenvalue weighted by atomic mass is 10.0. The van der Waals surface area contributed by atoms with Gasteiger partial charge in [0, 0.05) is 45.9 Å². The van der Waals surface area contributed by atoms with Crippen molar-refractivity contribution in [3.63, 3.8) is 0 Å². The lowest BCUT2D eigenvalue weighted by Crippen LogP contribution is -2.49. The molecule has 3 heterocycles. The molecule has 1 unspecified atom stereocenters. The van der Waals surface area contributed by atoms with Gasteiger partial charge in [0.05, 0.1) is 24.3 Å². The van der Waals surface area contributed by atoms with Gasteiger partial charge in [-0.25, -0.2) is 13.4 Å². The summed E-state index contributed by atoms with van der Waals surface area (Å²) in [5.74, 6) is 0.0875. The molecule has 2 aliphatic rings. The highest BCUT2D eigenvalue weighted by molar-refractivity contribution is 7.91. The fourth-order valence-electron chi connectivity index (χ4n) is 4.25. The topological polar surface area (TPSA) is 67.7 Å². The number of ether oxygens (including phenoxy) is 1. The molecule has 0 saturated carbocycles. The quantitative estimate of drug-likeness (QED) is 0.695. The van der Waals surface area contributed by atoms with Crippen molar-refractivity contribution >= 4 is 9.84 Å². The molecular weight excluding hydrogens is 364 g/mol. The lowest BCUT2D eigenvalue weighted by Gasteiger charge is -2.37. The third kappa shape index (κ3) is 5.10. The second-order valence-corrected chi connectivity index (χ2v) is 10.9. The molecule has 0 radical (unpaired) electrons. The number of aromatic nitrogens is 2. The predicted octanol–water partition coefficient (Wildman–Crippen LogP) is 1.63. The zero-order chi connectivity index (χ0) is 19.7. The smallest absolute Gasteiger partial charge is 0.227 e. The molecule has 2 fully saturated rings. The van der Waals surface area contributed by atoms with Crippen molar-refractivity contribution in [3.8, 4) is 0 Å². The van der Waals surface area contributed by atoms with Gasteiger partial charge >= 0.3 is 0 Å². The zero-order valence-electron chi connectivity index (χ0n) is 17.1. The minimum absolute atomic E-state index is 0.0875. The Morgan fingerprint density at radius 3 is 2.74 bits per heavy atom. The van der Waals surface area contributed by atoms with Crippen LogP contribution in [0.3, 0.4) is 0 Å². The molecule has 0 spiro atoms. The van der Waals surface area contributed by atoms with E-state index in [0.717, 1.165) is 31.9 Å². The van der Waals surface area contributed by atoms with Gasteiger partial charge in [0.15, 0.2) is 0 Å². The minimum Gasteiger partial charge on any atom is -0.383 e. The van der Waals surface area contributed by atoms with Crippen molar-refractivity contribution in [2.75, 3.05) is 45.6 Å². The standard InChI is InChI=1S/C19H34N4O3S/c1-19(2,3)15-27(24,25)18-20-12-17(23(18)10-11-26-4)14-21-8-9-22-7-5-6-16(22)13-21/h12,16H,5-11,13-15H2,1-4H3. The molecule has 0 aromatic carbocycles. The molecule has 2 saturated heterocycles. The molecule has 154 valence electrons. The number of hydrogen-bond donors (Lipinski definition) is 0. The summed E-state index contributed by atoms with van der Waals surface area (Å²) in [6.45, 7) is 11.9. The van der Waals surface area contributed by atoms with E-state index < -0.39 is 9.84 Å². The van der Waals surface area contributed by atoms with Gasteiger partial charge in [0.1, 0.15) is 0 Å². The van der Waals surface area contributed by atoms with E-state index in [9.17, 15) is 8.42 Å². The van der Waals surface area contributed by atoms with Crippen LogP contribution in [-0.4, -0.2) is 79.5 Å². The van der Waals surface area contributed by atoms with Gasteiger partial charge < -0.3 is 9.30 Å². The van der Waals surface area contributed by atoms with Crippen LogP contribution in [0.1, 0.15) is 39.3 Å². The molecule has 1 aromatic heterocycles. The maximum atomic E-state index is 12.9. The van der Waals surface area contributed by atoms with E-state index >= 15 is 0 Å². The highest BCUT2D eigenvalue weighted by Gasteiger charge is 2.32. The first-order chi connectivity index (χ1) is 12.7. The Balaban J connectivity index is 1.79. The molecule has 0 aliphatic carbocycles. The molecule has 0 bridgehead atoms. The van der Waals surface area contributed by atoms with Crippen LogP contribution in [0.5, 0.6) is 0 Å². The van der Waals surface area contributed by atoms with Gasteiger partial charge in [-0.2, -0.15) is 0 Å². The number of rotatable bonds is 7. The van der Waals surface area contributed by atoms with Gasteiger partial charge in [-0.3, -0.25) is 9.80 Å². The summed E-state index contributed by atoms with van der Waals surface area (Å²) < 4.78 is 33.0. The zero-order valence-corrected chi connectivity index (χ0v) is 18.0. The van der Waals surface area contributed by atoms with Crippen LogP contribution in [0.4, 0.5) is 0 Å². The fraction of sp³-hybridized carbons (Fsp3) is 0.842. The SMILES string of the molecule is COCCn1c(CN2CCN3CCCC3C2)cnc1S(=O)(=O)CC(C)(C)C. The maximum absolute atomic E-state index is 12.9. The molecule has 27 heavy (non-hydrogen) atoms. The second-order valence-electron chi connectivity index (χ2n) is 9.06. The van der Waals surface area contributed by atoms with Crippen LogP contribution in [0.25, 0.3) is 0 Å². The molecule has 2 aliphatic heterocycles. The van der Waals surface area contributed by atoms with Crippen LogP contribution in [-0.2, 0) is 27.7 Å². The second kappa shape index (κ2) is 8.19. The van der Waals surface area contributed by atoms with Crippen molar-refractivity contribution in [3.05, 3.63) is 11.9 Å². The number of imidazole rings is 1. The largest absolute Gasteiger partial charge is 0.383 e. The van der Waals surface area contributed by atoms with E-state index in [2.05, 4.69) is 14.8 Å². The third-order valence-electron chi connectivity index (χ3n) is 5.38. The number of fused-ring (bicyclic) bond motifs is 1. The lowest BCUT2D eigenvalue weighted by molar-refractivity contribution is 0.0967. The normalized spacial score (nSPS) is 22.3. The van der Waals surface area contributed by atoms with Gasteiger partial charge in [-0.1, -0.05) is 20.8 Å². The predicted molar refractivity (Wildman–Crippen MR) is 105 cm³/mol. The number of hydrogen-bond acceptors (Lipinski definition) is 6. The molecule has 3 rings (SSSR count). The van der Waals surface area contributed by atoms with Crippen LogP contribution in [0.2, 0.25) is 0 Å². The van der Waals surface area contributed by atoms with Crippen LogP contribution >= 0.6 is 0 Å². The van der Waals surface area contributed by atoms with Crippen molar-refractivity contribution in [2.24, 2.45) is 5.41 Å². The average molecular weight is 399 g/mol. The Bertz CT molecular complexity index is 739. The highest BCUT2D eigenvalue weighted by Crippen LogP contribution is 2.25. The number of sulfone groups is 1. The minimum atomic E-state index is -3.44. The summed E-state index contributed by atoms with van der Waals surface area (Å²) in [4.78, 5) is 9.36. The van der Waals surface area contributed by atoms with E-state index in [4.69, 9.17) is 4.74 Å². The molecule has 1 aromatic rings. The highest BCUT2D eigenvalue weighted by atomic mass is 32.2. The summed E-state index contributed by atoms with van der Waals surface area (Å²) in [5.41, 5.74) is 0.654. The van der Waals surface area contributed by atoms with Crippen molar-refractivity contribution in [1.82, 2.24) is 19.4 Å². The molecule has 7 nitrogen and oxygen atoms in total. The van der Waals surface area contributed by atoms with Gasteiger partial charge in [0.25, 0.3) is 0 Å². The van der Waals surface area contributed by atoms with Crippen molar-refractivity contribution in [2.45, 2.75) is 57.9 Å². The Morgan fingerprint density at radius 2 is 2.04 bits per heavy atom. The fourth-order valence-corrected chi connectivity index (χ4v) is 6.28. The third-order valence-corrected chi connectivity index (χ3v) is 7.51. The van der Waals surface area contributed by atoms with Crippen LogP contribution < -0.4 is 0 Å². The summed E-state index contributed by atoms with van der Waals surface area (Å²) in [6, 6.07) is 0.651. The Morgan fingerprint density at radius 1 is 1.26 bits per heavy atom. The molecular formula is C19H34N4O3S. The average Bonchev–Trinajstić information content (AvgIpc) is 3.17. The van der Waals surface area contributed by atoms with Crippen molar-refractivity contribution in [1.29, 1.82) is 0 Å². The maximum Gasteiger partial charge on any atom is 0.227 e. The molecule has 0 amide bonds. The Labute approximate surface area is 163 Å². The van der Waals surface area contributed by atoms with Crippen LogP contribution in [0, 0.1) is 5.41 Å². The monoisotopic (exact) mass is 398 g/mol. The summed E-state index contributed by atoms with van der Waals surface area (Å²) >= 11 is 0. The number of nitrogens with zero attached hydrogens (tertiary/aromatic N) is 4. The van der Waals surface area contributed by atoms with Gasteiger partial charge in [0.2, 0.25) is 15.0 Å². The molecule has 1 atom stereocenters. The Kier molecular flexibility index (Phi) is 6.30. The van der Waals surface area contributed by atoms with E-state index in [1.54, 1.807) is 13.3 Å². The molecule has 0 N–H and O–H groups in total. The Hall–Kier alpha value is -0.960. The summed E-state index contributed by atoms with van der Waals surface area (Å²) in [6.07, 6.45) is 4.30. The van der Waals surface area contributed by atoms with Gasteiger partial charge in [-0.05, 0) is 24.8 Å². The first-order valence-corrected chi connectivity index (χ1v) is 11.6.